The summed E-state index contributed by atoms with van der Waals surface area (Å²) in [4.78, 5) is 61.6. The van der Waals surface area contributed by atoms with E-state index in [1.165, 1.54) is 0 Å². The molecule has 89 heavy (non-hydrogen) atoms. The topological polar surface area (TPSA) is 169 Å². The maximum Gasteiger partial charge on any atom is 0.228 e. The summed E-state index contributed by atoms with van der Waals surface area (Å²) < 4.78 is 32.5. The molecule has 3 aromatic heterocycles. The van der Waals surface area contributed by atoms with Gasteiger partial charge in [0.1, 0.15) is 23.0 Å². The standard InChI is InChI=1S/C73H74N8O8/c1-70(2)33-38(70)66(82)74-42-17-13-18-43(75-67(83)39-34-71(39,3)4)58(42)60-46-25-27-48-62(64-54(86-9)21-15-22-55(64)87-10)53-32-30-51-61(59-44(76-68(84)40-35-72(40,5)6)19-14-20-45(59)77-69(85)41-36-73(41,7)8)47-26-28-49(79(47)37-78(46)48)63(52-31-29-50(60)80(52)81(51)53)65-56(88-11)23-16-24-57(65)89-12/h13-32,38-41,46H,33-37H2,1-12H3,(H3,74,75,76,77,82,83,84,85)/p+1. The van der Waals surface area contributed by atoms with Gasteiger partial charge in [0.15, 0.2) is 0 Å². The lowest BCUT2D eigenvalue weighted by Crippen LogP contribution is -2.49. The van der Waals surface area contributed by atoms with Gasteiger partial charge in [-0.05, 0) is 126 Å². The van der Waals surface area contributed by atoms with Crippen molar-refractivity contribution in [2.45, 2.75) is 93.8 Å². The maximum atomic E-state index is 14.8. The number of rotatable bonds is 16. The zero-order valence-electron chi connectivity index (χ0n) is 52.5. The Kier molecular flexibility index (Phi) is 12.4. The van der Waals surface area contributed by atoms with E-state index in [2.05, 4.69) is 144 Å². The van der Waals surface area contributed by atoms with E-state index in [4.69, 9.17) is 18.9 Å². The first kappa shape index (κ1) is 56.2. The molecule has 16 nitrogen and oxygen atoms in total. The van der Waals surface area contributed by atoms with Crippen LogP contribution >= 0.6 is 0 Å². The Balaban J connectivity index is 1.17. The minimum absolute atomic E-state index is 0.0920. The summed E-state index contributed by atoms with van der Waals surface area (Å²) in [6.07, 6.45) is 11.7. The summed E-state index contributed by atoms with van der Waals surface area (Å²) in [5.41, 5.74) is 11.8. The van der Waals surface area contributed by atoms with E-state index in [0.717, 1.165) is 81.6 Å². The van der Waals surface area contributed by atoms with Gasteiger partial charge < -0.3 is 45.1 Å². The minimum Gasteiger partial charge on any atom is -0.496 e. The molecule has 16 heteroatoms. The summed E-state index contributed by atoms with van der Waals surface area (Å²) in [6, 6.07) is 31.2. The van der Waals surface area contributed by atoms with Crippen LogP contribution in [-0.2, 0) is 25.8 Å². The number of hydrogen-bond donors (Lipinski definition) is 4. The van der Waals surface area contributed by atoms with Gasteiger partial charge in [0.2, 0.25) is 41.7 Å². The molecule has 0 radical (unpaired) electrons. The molecular weight excluding hydrogens is 1120 g/mol. The number of methoxy groups -OCH3 is 4. The number of nitrogens with one attached hydrogen (secondary N) is 4. The highest BCUT2D eigenvalue weighted by molar-refractivity contribution is 6.10. The third-order valence-electron chi connectivity index (χ3n) is 20.7. The summed E-state index contributed by atoms with van der Waals surface area (Å²) in [6.45, 7) is 17.1. The Bertz CT molecular complexity index is 4420. The molecule has 5 atom stereocenters. The number of amides is 4. The summed E-state index contributed by atoms with van der Waals surface area (Å²) in [7, 11) is 6.68. The van der Waals surface area contributed by atoms with Crippen LogP contribution in [0.25, 0.3) is 56.6 Å². The molecule has 7 aromatic rings. The first-order valence-electron chi connectivity index (χ1n) is 31.0. The van der Waals surface area contributed by atoms with E-state index in [1.54, 1.807) is 28.4 Å². The van der Waals surface area contributed by atoms with Crippen LogP contribution in [0.2, 0.25) is 0 Å². The number of nitrogens with zero attached hydrogens (tertiary/aromatic N) is 4. The van der Waals surface area contributed by atoms with Crippen molar-refractivity contribution in [2.75, 3.05) is 49.7 Å². The number of hydrogen-bond acceptors (Lipinski definition) is 9. The lowest BCUT2D eigenvalue weighted by Gasteiger charge is -2.31. The molecule has 0 saturated heterocycles. The van der Waals surface area contributed by atoms with Crippen LogP contribution in [0.1, 0.15) is 109 Å². The third kappa shape index (κ3) is 8.70. The summed E-state index contributed by atoms with van der Waals surface area (Å²) in [5.74, 6) is 1.03. The molecule has 454 valence electrons. The highest BCUT2D eigenvalue weighted by atomic mass is 16.5. The van der Waals surface area contributed by atoms with Crippen molar-refractivity contribution in [2.24, 2.45) is 45.3 Å². The largest absolute Gasteiger partial charge is 0.496 e. The van der Waals surface area contributed by atoms with Crippen molar-refractivity contribution in [1.82, 2.24) is 13.9 Å². The Labute approximate surface area is 517 Å². The lowest BCUT2D eigenvalue weighted by atomic mass is 9.93. The molecule has 0 spiro atoms. The number of benzene rings is 4. The molecule has 4 N–H and O–H groups in total. The number of carbonyl (C=O) groups excluding carboxylic acids is 4. The Hall–Kier alpha value is -9.31. The predicted molar refractivity (Wildman–Crippen MR) is 346 cm³/mol. The van der Waals surface area contributed by atoms with Gasteiger partial charge in [-0.2, -0.15) is 4.57 Å². The fourth-order valence-electron chi connectivity index (χ4n) is 14.8. The average molecular weight is 1190 g/mol. The van der Waals surface area contributed by atoms with Crippen LogP contribution in [0.5, 0.6) is 23.0 Å². The van der Waals surface area contributed by atoms with Crippen LogP contribution in [0.4, 0.5) is 22.7 Å². The highest BCUT2D eigenvalue weighted by Crippen LogP contribution is 2.57. The molecule has 16 rings (SSSR count). The van der Waals surface area contributed by atoms with Gasteiger partial charge in [0.25, 0.3) is 0 Å². The smallest absolute Gasteiger partial charge is 0.228 e. The van der Waals surface area contributed by atoms with Crippen molar-refractivity contribution >= 4 is 80.7 Å². The van der Waals surface area contributed by atoms with Gasteiger partial charge in [0.05, 0.1) is 107 Å². The van der Waals surface area contributed by atoms with Gasteiger partial charge in [-0.1, -0.05) is 85.7 Å². The molecular formula is C73H75N8O8+. The highest BCUT2D eigenvalue weighted by Gasteiger charge is 2.54. The fourth-order valence-corrected chi connectivity index (χ4v) is 14.8. The van der Waals surface area contributed by atoms with Crippen LogP contribution in [0.3, 0.4) is 0 Å². The average Bonchev–Trinajstić information content (AvgIpc) is 1.55. The van der Waals surface area contributed by atoms with Crippen molar-refractivity contribution in [3.63, 3.8) is 0 Å². The second kappa shape index (κ2) is 19.6. The zero-order chi connectivity index (χ0) is 62.1. The molecule has 9 aliphatic rings. The van der Waals surface area contributed by atoms with Crippen LogP contribution < -0.4 is 50.1 Å². The van der Waals surface area contributed by atoms with E-state index in [-0.39, 0.29) is 75.6 Å². The van der Waals surface area contributed by atoms with Gasteiger partial charge in [-0.3, -0.25) is 19.2 Å². The van der Waals surface area contributed by atoms with E-state index < -0.39 is 6.04 Å². The van der Waals surface area contributed by atoms with Crippen molar-refractivity contribution in [3.05, 3.63) is 148 Å². The monoisotopic (exact) mass is 1190 g/mol. The first-order valence-corrected chi connectivity index (χ1v) is 31.0. The second-order valence-corrected chi connectivity index (χ2v) is 28.2. The van der Waals surface area contributed by atoms with E-state index in [0.29, 0.717) is 73.5 Å². The second-order valence-electron chi connectivity index (χ2n) is 28.2. The van der Waals surface area contributed by atoms with Crippen molar-refractivity contribution in [3.8, 4) is 45.3 Å². The molecule has 4 aromatic carbocycles. The third-order valence-corrected chi connectivity index (χ3v) is 20.7. The normalized spacial score (nSPS) is 22.2. The summed E-state index contributed by atoms with van der Waals surface area (Å²) in [5, 5.41) is 14.6. The van der Waals surface area contributed by atoms with Crippen molar-refractivity contribution < 1.29 is 42.7 Å². The van der Waals surface area contributed by atoms with Crippen LogP contribution in [0.15, 0.2) is 115 Å². The molecule has 5 unspecified atom stereocenters. The SMILES string of the molecule is COc1cccc(OC)c1C1=C2C=CC3C(c4c(NC(=O)C5CC5(C)C)cccc4NC(=O)C4CC4(C)C)=c4ccc5c(-c6c(OC)cccc6OC)c6[n+](c(c(-c7c(NC(=O)C8CC8(C)C)cccc7NC(=O)C7CC7(C)C)c7ccc1n7n45)C=C6)CN23. The number of carbonyl (C=O) groups is 4. The quantitative estimate of drug-likeness (QED) is 0.0688. The number of ether oxygens (including phenoxy) is 4. The molecule has 5 aliphatic heterocycles. The molecule has 8 heterocycles. The fraction of sp³-hybridized carbons (Fsp3) is 0.356. The Morgan fingerprint density at radius 2 is 0.831 bits per heavy atom. The predicted octanol–water partition coefficient (Wildman–Crippen LogP) is 12.3. The maximum absolute atomic E-state index is 14.8. The van der Waals surface area contributed by atoms with E-state index in [9.17, 15) is 19.2 Å². The van der Waals surface area contributed by atoms with Gasteiger partial charge in [-0.25, -0.2) is 9.03 Å². The zero-order valence-corrected chi connectivity index (χ0v) is 52.5. The Morgan fingerprint density at radius 3 is 1.26 bits per heavy atom. The number of aromatic nitrogens is 3. The lowest BCUT2D eigenvalue weighted by molar-refractivity contribution is -0.713. The van der Waals surface area contributed by atoms with Crippen LogP contribution in [-0.4, -0.2) is 72.0 Å². The summed E-state index contributed by atoms with van der Waals surface area (Å²) >= 11 is 0. The van der Waals surface area contributed by atoms with Gasteiger partial charge >= 0.3 is 0 Å². The first-order chi connectivity index (χ1) is 42.6. The molecule has 12 bridgehead atoms. The van der Waals surface area contributed by atoms with E-state index >= 15 is 0 Å². The number of allylic oxidation sites excluding steroid dienone is 1. The van der Waals surface area contributed by atoms with Gasteiger partial charge in [0, 0.05) is 58.1 Å². The minimum atomic E-state index is -0.601. The Morgan fingerprint density at radius 1 is 0.449 bits per heavy atom. The van der Waals surface area contributed by atoms with E-state index in [1.807, 2.05) is 72.8 Å². The van der Waals surface area contributed by atoms with Crippen LogP contribution in [0, 0.1) is 45.3 Å². The molecule has 4 saturated carbocycles. The number of anilines is 4. The molecule has 4 fully saturated rings. The molecule has 4 amide bonds. The van der Waals surface area contributed by atoms with Crippen molar-refractivity contribution in [1.29, 1.82) is 0 Å². The molecule has 4 aliphatic carbocycles. The van der Waals surface area contributed by atoms with Gasteiger partial charge in [-0.15, -0.1) is 0 Å².